The average Bonchev–Trinajstić information content (AvgIpc) is 3.48. The summed E-state index contributed by atoms with van der Waals surface area (Å²) < 4.78 is 1.17. The summed E-state index contributed by atoms with van der Waals surface area (Å²) in [5.74, 6) is 0. The topological polar surface area (TPSA) is 142 Å². The summed E-state index contributed by atoms with van der Waals surface area (Å²) in [5.41, 5.74) is 3.83. The molecule has 36 heavy (non-hydrogen) atoms. The number of hydrogen-bond acceptors (Lipinski definition) is 5. The van der Waals surface area contributed by atoms with Gasteiger partial charge in [0, 0.05) is 35.0 Å². The van der Waals surface area contributed by atoms with Gasteiger partial charge in [0.15, 0.2) is 5.11 Å². The van der Waals surface area contributed by atoms with Gasteiger partial charge in [-0.3, -0.25) is 35.0 Å². The molecule has 5 rings (SSSR count). The third kappa shape index (κ3) is 4.38. The first-order chi connectivity index (χ1) is 17.4. The average molecular weight is 499 g/mol. The van der Waals surface area contributed by atoms with Crippen LogP contribution in [0.5, 0.6) is 0 Å². The lowest BCUT2D eigenvalue weighted by molar-refractivity contribution is -0.384. The van der Waals surface area contributed by atoms with E-state index >= 15 is 0 Å². The number of nitro groups is 1. The Morgan fingerprint density at radius 2 is 1.53 bits per heavy atom. The number of nitrogens with zero attached hydrogens (tertiary/aromatic N) is 2. The van der Waals surface area contributed by atoms with E-state index in [0.717, 1.165) is 5.56 Å². The van der Waals surface area contributed by atoms with Crippen LogP contribution in [0.15, 0.2) is 94.5 Å². The van der Waals surface area contributed by atoms with E-state index in [-0.39, 0.29) is 21.9 Å². The van der Waals surface area contributed by atoms with Crippen LogP contribution >= 0.6 is 12.2 Å². The molecular weight excluding hydrogens is 480 g/mol. The van der Waals surface area contributed by atoms with E-state index in [1.807, 2.05) is 30.3 Å². The molecule has 3 aromatic carbocycles. The van der Waals surface area contributed by atoms with Crippen LogP contribution in [0.1, 0.15) is 0 Å². The highest BCUT2D eigenvalue weighted by atomic mass is 32.1. The highest BCUT2D eigenvalue weighted by molar-refractivity contribution is 7.80. The maximum Gasteiger partial charge on any atom is 0.273 e. The molecule has 0 saturated heterocycles. The van der Waals surface area contributed by atoms with Gasteiger partial charge in [0.25, 0.3) is 16.8 Å². The SMILES string of the molecule is O=c1[nH][nH]c(-c2ccccc2)c1-c1ccc(NC(=S)n2[nH]c(-c3ccc([N+](=O)[O-])cc3)cc2=O)cc1. The minimum atomic E-state index is -0.489. The van der Waals surface area contributed by atoms with Gasteiger partial charge in [0.2, 0.25) is 0 Å². The summed E-state index contributed by atoms with van der Waals surface area (Å²) in [7, 11) is 0. The van der Waals surface area contributed by atoms with Gasteiger partial charge in [-0.15, -0.1) is 0 Å². The molecule has 2 aromatic heterocycles. The number of nitrogens with one attached hydrogen (secondary N) is 4. The molecule has 0 fully saturated rings. The lowest BCUT2D eigenvalue weighted by Crippen LogP contribution is -2.29. The summed E-state index contributed by atoms with van der Waals surface area (Å²) in [6.07, 6.45) is 0. The number of anilines is 1. The van der Waals surface area contributed by atoms with Gasteiger partial charge in [-0.2, -0.15) is 4.68 Å². The van der Waals surface area contributed by atoms with Crippen molar-refractivity contribution in [3.05, 3.63) is 116 Å². The van der Waals surface area contributed by atoms with Crippen LogP contribution in [-0.4, -0.2) is 30.0 Å². The standard InChI is InChI=1S/C25H18N6O4S/c32-21-14-20(15-8-12-19(13-9-15)31(34)35)29-30(21)25(36)26-18-10-6-16(7-11-18)22-23(27-28-24(22)33)17-4-2-1-3-5-17/h1-14,29H,(H,26,36)(H2,27,28,33). The van der Waals surface area contributed by atoms with Crippen molar-refractivity contribution in [2.75, 3.05) is 5.32 Å². The third-order valence-corrected chi connectivity index (χ3v) is 5.86. The van der Waals surface area contributed by atoms with Crippen LogP contribution in [0.2, 0.25) is 0 Å². The Morgan fingerprint density at radius 3 is 2.19 bits per heavy atom. The van der Waals surface area contributed by atoms with Gasteiger partial charge in [0.1, 0.15) is 0 Å². The van der Waals surface area contributed by atoms with Gasteiger partial charge >= 0.3 is 0 Å². The molecule has 2 heterocycles. The summed E-state index contributed by atoms with van der Waals surface area (Å²) in [5, 5.41) is 22.5. The molecule has 5 aromatic rings. The summed E-state index contributed by atoms with van der Waals surface area (Å²) in [6, 6.07) is 23.8. The quantitative estimate of drug-likeness (QED) is 0.161. The first-order valence-electron chi connectivity index (χ1n) is 10.8. The van der Waals surface area contributed by atoms with Crippen molar-refractivity contribution in [3.8, 4) is 33.6 Å². The fourth-order valence-electron chi connectivity index (χ4n) is 3.81. The van der Waals surface area contributed by atoms with E-state index in [2.05, 4.69) is 20.6 Å². The molecule has 0 aliphatic heterocycles. The minimum Gasteiger partial charge on any atom is -0.331 e. The van der Waals surface area contributed by atoms with Crippen molar-refractivity contribution in [1.82, 2.24) is 20.0 Å². The molecule has 0 unspecified atom stereocenters. The molecule has 0 radical (unpaired) electrons. The van der Waals surface area contributed by atoms with Crippen LogP contribution in [0, 0.1) is 10.1 Å². The Balaban J connectivity index is 1.36. The van der Waals surface area contributed by atoms with E-state index < -0.39 is 4.92 Å². The van der Waals surface area contributed by atoms with Crippen molar-refractivity contribution in [1.29, 1.82) is 0 Å². The number of hydrogen-bond donors (Lipinski definition) is 4. The van der Waals surface area contributed by atoms with Crippen molar-refractivity contribution in [2.24, 2.45) is 0 Å². The maximum absolute atomic E-state index is 12.5. The highest BCUT2D eigenvalue weighted by Crippen LogP contribution is 2.28. The molecule has 0 atom stereocenters. The monoisotopic (exact) mass is 498 g/mol. The zero-order valence-corrected chi connectivity index (χ0v) is 19.3. The van der Waals surface area contributed by atoms with Gasteiger partial charge in [-0.05, 0) is 42.0 Å². The Kier molecular flexibility index (Phi) is 5.88. The molecule has 10 nitrogen and oxygen atoms in total. The Morgan fingerprint density at radius 1 is 0.861 bits per heavy atom. The third-order valence-electron chi connectivity index (χ3n) is 5.58. The first kappa shape index (κ1) is 22.7. The van der Waals surface area contributed by atoms with Gasteiger partial charge < -0.3 is 5.32 Å². The second-order valence-corrected chi connectivity index (χ2v) is 8.24. The highest BCUT2D eigenvalue weighted by Gasteiger charge is 2.15. The number of non-ortho nitro benzene ring substituents is 1. The summed E-state index contributed by atoms with van der Waals surface area (Å²) in [6.45, 7) is 0. The van der Waals surface area contributed by atoms with Crippen LogP contribution in [0.4, 0.5) is 11.4 Å². The molecule has 0 bridgehead atoms. The summed E-state index contributed by atoms with van der Waals surface area (Å²) >= 11 is 5.40. The van der Waals surface area contributed by atoms with Gasteiger partial charge in [0.05, 0.1) is 21.9 Å². The Bertz CT molecular complexity index is 1680. The van der Waals surface area contributed by atoms with Crippen molar-refractivity contribution < 1.29 is 4.92 Å². The zero-order valence-electron chi connectivity index (χ0n) is 18.5. The molecule has 0 aliphatic carbocycles. The minimum absolute atomic E-state index is 0.0429. The van der Waals surface area contributed by atoms with Gasteiger partial charge in [-0.1, -0.05) is 42.5 Å². The fraction of sp³-hybridized carbons (Fsp3) is 0. The second-order valence-electron chi connectivity index (χ2n) is 7.85. The molecule has 11 heteroatoms. The maximum atomic E-state index is 12.5. The lowest BCUT2D eigenvalue weighted by atomic mass is 10.0. The predicted molar refractivity (Wildman–Crippen MR) is 141 cm³/mol. The van der Waals surface area contributed by atoms with Crippen LogP contribution in [-0.2, 0) is 0 Å². The molecule has 0 amide bonds. The second kappa shape index (κ2) is 9.31. The number of thiocarbonyl (C=S) groups is 1. The molecule has 0 spiro atoms. The number of aromatic amines is 3. The number of benzene rings is 3. The first-order valence-corrected chi connectivity index (χ1v) is 11.2. The Hall–Kier alpha value is -5.03. The van der Waals surface area contributed by atoms with Crippen LogP contribution in [0.25, 0.3) is 33.6 Å². The summed E-state index contributed by atoms with van der Waals surface area (Å²) in [4.78, 5) is 35.3. The lowest BCUT2D eigenvalue weighted by Gasteiger charge is -2.09. The molecule has 0 saturated carbocycles. The van der Waals surface area contributed by atoms with Crippen molar-refractivity contribution >= 4 is 28.7 Å². The number of rotatable bonds is 5. The predicted octanol–water partition coefficient (Wildman–Crippen LogP) is 4.35. The van der Waals surface area contributed by atoms with E-state index in [1.54, 1.807) is 36.4 Å². The fourth-order valence-corrected chi connectivity index (χ4v) is 4.06. The van der Waals surface area contributed by atoms with Crippen molar-refractivity contribution in [2.45, 2.75) is 0 Å². The normalized spacial score (nSPS) is 10.8. The van der Waals surface area contributed by atoms with Gasteiger partial charge in [-0.25, -0.2) is 0 Å². The molecule has 178 valence electrons. The number of H-pyrrole nitrogens is 3. The van der Waals surface area contributed by atoms with E-state index in [1.165, 1.54) is 22.9 Å². The largest absolute Gasteiger partial charge is 0.331 e. The van der Waals surface area contributed by atoms with Crippen LogP contribution < -0.4 is 16.4 Å². The zero-order chi connectivity index (χ0) is 25.2. The Labute approximate surface area is 208 Å². The van der Waals surface area contributed by atoms with Crippen LogP contribution in [0.3, 0.4) is 0 Å². The molecule has 4 N–H and O–H groups in total. The van der Waals surface area contributed by atoms with Crippen molar-refractivity contribution in [3.63, 3.8) is 0 Å². The van der Waals surface area contributed by atoms with E-state index in [4.69, 9.17) is 12.2 Å². The van der Waals surface area contributed by atoms with E-state index in [9.17, 15) is 19.7 Å². The molecular formula is C25H18N6O4S. The van der Waals surface area contributed by atoms with E-state index in [0.29, 0.717) is 33.8 Å². The number of nitro benzene ring substituents is 1. The molecule has 0 aliphatic rings. The number of aromatic nitrogens is 4. The smallest absolute Gasteiger partial charge is 0.273 e.